The van der Waals surface area contributed by atoms with Crippen LogP contribution in [-0.2, 0) is 20.0 Å². The first-order chi connectivity index (χ1) is 13.2. The van der Waals surface area contributed by atoms with Gasteiger partial charge in [-0.15, -0.1) is 0 Å². The molecular weight excluding hydrogens is 342 g/mol. The smallest absolute Gasteiger partial charge is 0.231 e. The van der Waals surface area contributed by atoms with Gasteiger partial charge in [0.15, 0.2) is 0 Å². The summed E-state index contributed by atoms with van der Waals surface area (Å²) in [5, 5.41) is 8.54. The van der Waals surface area contributed by atoms with Crippen LogP contribution in [-0.4, -0.2) is 31.3 Å². The van der Waals surface area contributed by atoms with Crippen molar-refractivity contribution in [3.05, 3.63) is 53.9 Å². The average molecular weight is 361 g/mol. The second kappa shape index (κ2) is 6.08. The molecule has 4 aromatic heterocycles. The third kappa shape index (κ3) is 2.69. The number of nitrogens with one attached hydrogen (secondary N) is 1. The molecule has 0 saturated carbocycles. The van der Waals surface area contributed by atoms with E-state index >= 15 is 0 Å². The number of hydrogen-bond donors (Lipinski definition) is 1. The Morgan fingerprint density at radius 2 is 2.15 bits per heavy atom. The standard InChI is InChI=1S/C19H19N7O/c1-12-10-27-19-17(12)18(21-11-22-19)26-6-4-15-13(9-26)7-14(8-20-15)24-16-3-5-23-25(16)2/h3,5,7-8,10-11,24H,4,6,9H2,1-2H3. The third-order valence-corrected chi connectivity index (χ3v) is 4.97. The molecule has 0 aliphatic carbocycles. The molecule has 1 aliphatic heterocycles. The number of nitrogens with zero attached hydrogens (tertiary/aromatic N) is 6. The van der Waals surface area contributed by atoms with Gasteiger partial charge in [-0.05, 0) is 18.6 Å². The largest absolute Gasteiger partial charge is 0.446 e. The average Bonchev–Trinajstić information content (AvgIpc) is 3.27. The zero-order valence-corrected chi connectivity index (χ0v) is 15.2. The highest BCUT2D eigenvalue weighted by molar-refractivity contribution is 5.89. The number of anilines is 3. The van der Waals surface area contributed by atoms with E-state index in [1.54, 1.807) is 23.5 Å². The molecule has 27 heavy (non-hydrogen) atoms. The Bertz CT molecular complexity index is 1130. The van der Waals surface area contributed by atoms with Crippen LogP contribution in [0, 0.1) is 6.92 Å². The minimum absolute atomic E-state index is 0.632. The van der Waals surface area contributed by atoms with Gasteiger partial charge in [0.05, 0.1) is 29.7 Å². The van der Waals surface area contributed by atoms with Gasteiger partial charge in [0.25, 0.3) is 0 Å². The van der Waals surface area contributed by atoms with E-state index in [2.05, 4.69) is 36.3 Å². The maximum atomic E-state index is 5.53. The van der Waals surface area contributed by atoms with Crippen LogP contribution < -0.4 is 10.2 Å². The van der Waals surface area contributed by atoms with Gasteiger partial charge in [-0.1, -0.05) is 0 Å². The van der Waals surface area contributed by atoms with E-state index in [-0.39, 0.29) is 0 Å². The zero-order valence-electron chi connectivity index (χ0n) is 15.2. The fourth-order valence-corrected chi connectivity index (χ4v) is 3.56. The highest BCUT2D eigenvalue weighted by Crippen LogP contribution is 2.31. The van der Waals surface area contributed by atoms with Crippen LogP contribution in [0.15, 0.2) is 41.5 Å². The molecule has 136 valence electrons. The Balaban J connectivity index is 1.47. The quantitative estimate of drug-likeness (QED) is 0.600. The van der Waals surface area contributed by atoms with Gasteiger partial charge in [0.1, 0.15) is 18.0 Å². The molecule has 0 saturated heterocycles. The lowest BCUT2D eigenvalue weighted by molar-refractivity contribution is 0.599. The van der Waals surface area contributed by atoms with E-state index in [0.717, 1.165) is 53.5 Å². The number of aryl methyl sites for hydroxylation is 2. The maximum Gasteiger partial charge on any atom is 0.231 e. The minimum Gasteiger partial charge on any atom is -0.446 e. The predicted molar refractivity (Wildman–Crippen MR) is 102 cm³/mol. The van der Waals surface area contributed by atoms with Gasteiger partial charge < -0.3 is 14.6 Å². The van der Waals surface area contributed by atoms with Crippen LogP contribution in [0.25, 0.3) is 11.1 Å². The number of aromatic nitrogens is 5. The monoisotopic (exact) mass is 361 g/mol. The molecule has 4 aromatic rings. The van der Waals surface area contributed by atoms with Gasteiger partial charge in [0.2, 0.25) is 5.71 Å². The second-order valence-corrected chi connectivity index (χ2v) is 6.76. The topological polar surface area (TPSA) is 84.9 Å². The van der Waals surface area contributed by atoms with Crippen molar-refractivity contribution in [1.29, 1.82) is 0 Å². The SMILES string of the molecule is Cc1coc2ncnc(N3CCc4ncc(Nc5ccnn5C)cc4C3)c12. The maximum absolute atomic E-state index is 5.53. The van der Waals surface area contributed by atoms with Crippen LogP contribution in [0.5, 0.6) is 0 Å². The van der Waals surface area contributed by atoms with Crippen molar-refractivity contribution in [3.63, 3.8) is 0 Å². The zero-order chi connectivity index (χ0) is 18.4. The Morgan fingerprint density at radius 3 is 3.00 bits per heavy atom. The van der Waals surface area contributed by atoms with E-state index in [4.69, 9.17) is 4.42 Å². The molecule has 0 aromatic carbocycles. The van der Waals surface area contributed by atoms with Crippen molar-refractivity contribution in [2.24, 2.45) is 7.05 Å². The molecule has 0 atom stereocenters. The number of hydrogen-bond acceptors (Lipinski definition) is 7. The molecular formula is C19H19N7O. The molecule has 0 spiro atoms. The van der Waals surface area contributed by atoms with E-state index in [0.29, 0.717) is 5.71 Å². The summed E-state index contributed by atoms with van der Waals surface area (Å²) in [5.41, 5.74) is 4.97. The van der Waals surface area contributed by atoms with Gasteiger partial charge in [-0.3, -0.25) is 9.67 Å². The van der Waals surface area contributed by atoms with Crippen molar-refractivity contribution in [2.75, 3.05) is 16.8 Å². The summed E-state index contributed by atoms with van der Waals surface area (Å²) in [6.45, 7) is 3.64. The molecule has 1 N–H and O–H groups in total. The highest BCUT2D eigenvalue weighted by Gasteiger charge is 2.22. The molecule has 0 fully saturated rings. The summed E-state index contributed by atoms with van der Waals surface area (Å²) in [7, 11) is 1.91. The molecule has 0 bridgehead atoms. The van der Waals surface area contributed by atoms with Gasteiger partial charge in [0, 0.05) is 43.9 Å². The molecule has 8 nitrogen and oxygen atoms in total. The summed E-state index contributed by atoms with van der Waals surface area (Å²) in [5.74, 6) is 1.85. The summed E-state index contributed by atoms with van der Waals surface area (Å²) in [4.78, 5) is 15.7. The molecule has 0 unspecified atom stereocenters. The van der Waals surface area contributed by atoms with Crippen LogP contribution in [0.1, 0.15) is 16.8 Å². The van der Waals surface area contributed by atoms with Crippen molar-refractivity contribution in [3.8, 4) is 0 Å². The lowest BCUT2D eigenvalue weighted by Crippen LogP contribution is -2.31. The summed E-state index contributed by atoms with van der Waals surface area (Å²) < 4.78 is 7.33. The second-order valence-electron chi connectivity index (χ2n) is 6.76. The third-order valence-electron chi connectivity index (χ3n) is 4.97. The summed E-state index contributed by atoms with van der Waals surface area (Å²) in [6, 6.07) is 4.09. The number of furan rings is 1. The number of fused-ring (bicyclic) bond motifs is 2. The van der Waals surface area contributed by atoms with Crippen molar-refractivity contribution in [1.82, 2.24) is 24.7 Å². The Labute approximate surface area is 155 Å². The molecule has 0 amide bonds. The van der Waals surface area contributed by atoms with Gasteiger partial charge in [-0.25, -0.2) is 9.97 Å². The Morgan fingerprint density at radius 1 is 1.22 bits per heavy atom. The Kier molecular flexibility index (Phi) is 3.56. The first-order valence-electron chi connectivity index (χ1n) is 8.85. The van der Waals surface area contributed by atoms with E-state index in [1.807, 2.05) is 26.2 Å². The van der Waals surface area contributed by atoms with Crippen LogP contribution >= 0.6 is 0 Å². The molecule has 5 rings (SSSR count). The van der Waals surface area contributed by atoms with E-state index in [1.165, 1.54) is 5.56 Å². The van der Waals surface area contributed by atoms with Gasteiger partial charge >= 0.3 is 0 Å². The molecule has 0 radical (unpaired) electrons. The highest BCUT2D eigenvalue weighted by atomic mass is 16.3. The van der Waals surface area contributed by atoms with Crippen LogP contribution in [0.2, 0.25) is 0 Å². The molecule has 8 heteroatoms. The number of rotatable bonds is 3. The van der Waals surface area contributed by atoms with E-state index < -0.39 is 0 Å². The van der Waals surface area contributed by atoms with Crippen LogP contribution in [0.4, 0.5) is 17.3 Å². The van der Waals surface area contributed by atoms with Crippen LogP contribution in [0.3, 0.4) is 0 Å². The summed E-state index contributed by atoms with van der Waals surface area (Å²) >= 11 is 0. The normalized spacial score (nSPS) is 13.8. The van der Waals surface area contributed by atoms with Gasteiger partial charge in [-0.2, -0.15) is 5.10 Å². The predicted octanol–water partition coefficient (Wildman–Crippen LogP) is 2.97. The fourth-order valence-electron chi connectivity index (χ4n) is 3.56. The van der Waals surface area contributed by atoms with Crippen molar-refractivity contribution >= 4 is 28.4 Å². The molecule has 5 heterocycles. The summed E-state index contributed by atoms with van der Waals surface area (Å²) in [6.07, 6.45) is 7.82. The first kappa shape index (κ1) is 15.8. The first-order valence-corrected chi connectivity index (χ1v) is 8.85. The lowest BCUT2D eigenvalue weighted by Gasteiger charge is -2.29. The number of pyridine rings is 1. The lowest BCUT2D eigenvalue weighted by atomic mass is 10.0. The van der Waals surface area contributed by atoms with Crippen molar-refractivity contribution < 1.29 is 4.42 Å². The molecule has 1 aliphatic rings. The Hall–Kier alpha value is -3.42. The van der Waals surface area contributed by atoms with Crippen molar-refractivity contribution in [2.45, 2.75) is 19.9 Å². The van der Waals surface area contributed by atoms with E-state index in [9.17, 15) is 0 Å². The fraction of sp³-hybridized carbons (Fsp3) is 0.263. The minimum atomic E-state index is 0.632.